The smallest absolute Gasteiger partial charge is 0.270 e. The molecule has 1 aromatic carbocycles. The first-order valence-corrected chi connectivity index (χ1v) is 8.01. The molecule has 2 aromatic rings. The molecule has 0 atom stereocenters. The van der Waals surface area contributed by atoms with Crippen molar-refractivity contribution in [3.63, 3.8) is 0 Å². The van der Waals surface area contributed by atoms with Gasteiger partial charge in [-0.25, -0.2) is 12.4 Å². The van der Waals surface area contributed by atoms with Crippen LogP contribution in [0.1, 0.15) is 16.8 Å². The molecule has 0 saturated heterocycles. The largest absolute Gasteiger partial charge is 0.324 e. The maximum absolute atomic E-state index is 12.7. The highest BCUT2D eigenvalue weighted by Gasteiger charge is 2.28. The van der Waals surface area contributed by atoms with E-state index in [9.17, 15) is 8.42 Å². The van der Waals surface area contributed by atoms with Crippen LogP contribution in [0.3, 0.4) is 0 Å². The molecule has 106 valence electrons. The Hall–Kier alpha value is -2.20. The van der Waals surface area contributed by atoms with Crippen molar-refractivity contribution >= 4 is 21.7 Å². The summed E-state index contributed by atoms with van der Waals surface area (Å²) in [6, 6.07) is 8.58. The van der Waals surface area contributed by atoms with Crippen LogP contribution in [0.2, 0.25) is 0 Å². The molecule has 0 bridgehead atoms. The molecule has 0 radical (unpaired) electrons. The third kappa shape index (κ3) is 2.21. The summed E-state index contributed by atoms with van der Waals surface area (Å²) in [5, 5.41) is 0. The van der Waals surface area contributed by atoms with Gasteiger partial charge in [-0.2, -0.15) is 0 Å². The Morgan fingerprint density at radius 3 is 2.57 bits per heavy atom. The Morgan fingerprint density at radius 2 is 1.90 bits per heavy atom. The monoisotopic (exact) mass is 299 g/mol. The lowest BCUT2D eigenvalue weighted by Crippen LogP contribution is -2.15. The molecule has 3 rings (SSSR count). The van der Waals surface area contributed by atoms with E-state index in [1.807, 2.05) is 6.92 Å². The van der Waals surface area contributed by atoms with Crippen molar-refractivity contribution in [1.29, 1.82) is 0 Å². The van der Waals surface area contributed by atoms with Crippen molar-refractivity contribution in [2.45, 2.75) is 11.8 Å². The second kappa shape index (κ2) is 4.97. The van der Waals surface area contributed by atoms with E-state index in [1.165, 1.54) is 3.97 Å². The summed E-state index contributed by atoms with van der Waals surface area (Å²) in [6.07, 6.45) is 8.04. The summed E-state index contributed by atoms with van der Waals surface area (Å²) in [4.78, 5) is 0.271. The van der Waals surface area contributed by atoms with Crippen molar-refractivity contribution in [3.05, 3.63) is 65.5 Å². The molecule has 0 fully saturated rings. The normalized spacial score (nSPS) is 13.5. The van der Waals surface area contributed by atoms with Crippen molar-refractivity contribution in [3.8, 4) is 0 Å². The summed E-state index contributed by atoms with van der Waals surface area (Å²) >= 11 is 0. The van der Waals surface area contributed by atoms with Gasteiger partial charge in [-0.1, -0.05) is 17.7 Å². The van der Waals surface area contributed by atoms with Gasteiger partial charge in [0.2, 0.25) is 0 Å². The number of nitrogens with two attached hydrogens (primary N) is 1. The maximum Gasteiger partial charge on any atom is 0.270 e. The molecule has 1 heterocycles. The van der Waals surface area contributed by atoms with E-state index in [4.69, 9.17) is 5.73 Å². The molecule has 0 aliphatic heterocycles. The van der Waals surface area contributed by atoms with Crippen LogP contribution in [0.5, 0.6) is 0 Å². The van der Waals surface area contributed by atoms with Gasteiger partial charge < -0.3 is 5.73 Å². The second-order valence-electron chi connectivity index (χ2n) is 4.89. The highest BCUT2D eigenvalue weighted by Crippen LogP contribution is 2.28. The molecule has 0 unspecified atom stereocenters. The van der Waals surface area contributed by atoms with Crippen LogP contribution < -0.4 is 5.73 Å². The standard InChI is InChI=1S/C16H15N2O2S/c1-12-5-7-14(8-6-12)21(19,20)18-10-9-15-13(11-17)3-2-4-16(15)18/h2,4-10H,11,17H2,1H3/q+1. The van der Waals surface area contributed by atoms with Crippen LogP contribution in [0.15, 0.2) is 47.5 Å². The first-order valence-electron chi connectivity index (χ1n) is 6.57. The average molecular weight is 299 g/mol. The Morgan fingerprint density at radius 1 is 1.19 bits per heavy atom. The minimum atomic E-state index is -3.60. The van der Waals surface area contributed by atoms with Crippen LogP contribution >= 0.6 is 0 Å². The maximum atomic E-state index is 12.7. The summed E-state index contributed by atoms with van der Waals surface area (Å²) in [7, 11) is -3.60. The number of hydrogen-bond acceptors (Lipinski definition) is 3. The Labute approximate surface area is 124 Å². The van der Waals surface area contributed by atoms with E-state index < -0.39 is 10.0 Å². The second-order valence-corrected chi connectivity index (χ2v) is 6.70. The number of benzene rings is 1. The zero-order valence-electron chi connectivity index (χ0n) is 11.6. The fraction of sp³-hybridized carbons (Fsp3) is 0.125. The summed E-state index contributed by atoms with van der Waals surface area (Å²) in [5.41, 5.74) is 8.94. The van der Waals surface area contributed by atoms with Crippen molar-refractivity contribution in [1.82, 2.24) is 3.97 Å². The molecule has 0 saturated carbocycles. The molecular formula is C16H15N2O2S+. The van der Waals surface area contributed by atoms with Gasteiger partial charge in [-0.15, -0.1) is 0 Å². The lowest BCUT2D eigenvalue weighted by molar-refractivity contribution is 0.587. The molecule has 5 heteroatoms. The number of fused-ring (bicyclic) bond motifs is 1. The van der Waals surface area contributed by atoms with Crippen LogP contribution in [0.4, 0.5) is 0 Å². The number of aromatic nitrogens is 1. The lowest BCUT2D eigenvalue weighted by atomic mass is 10.0. The number of hydrogen-bond donors (Lipinski definition) is 1. The number of aryl methyl sites for hydroxylation is 1. The molecule has 1 aromatic heterocycles. The molecule has 1 aliphatic carbocycles. The lowest BCUT2D eigenvalue weighted by Gasteiger charge is -2.08. The summed E-state index contributed by atoms with van der Waals surface area (Å²) in [6.45, 7) is 2.25. The van der Waals surface area contributed by atoms with E-state index >= 15 is 0 Å². The predicted molar refractivity (Wildman–Crippen MR) is 82.9 cm³/mol. The van der Waals surface area contributed by atoms with E-state index in [0.29, 0.717) is 12.2 Å². The van der Waals surface area contributed by atoms with Crippen LogP contribution in [-0.4, -0.2) is 18.9 Å². The highest BCUT2D eigenvalue weighted by molar-refractivity contribution is 7.90. The van der Waals surface area contributed by atoms with Gasteiger partial charge in [-0.05, 0) is 19.1 Å². The van der Waals surface area contributed by atoms with Crippen molar-refractivity contribution < 1.29 is 8.42 Å². The Balaban J connectivity index is 2.14. The van der Waals surface area contributed by atoms with Crippen LogP contribution in [0, 0.1) is 13.0 Å². The van der Waals surface area contributed by atoms with E-state index in [-0.39, 0.29) is 4.90 Å². The number of nitrogens with zero attached hydrogens (tertiary/aromatic N) is 1. The molecular weight excluding hydrogens is 284 g/mol. The van der Waals surface area contributed by atoms with Gasteiger partial charge in [0.15, 0.2) is 5.69 Å². The molecule has 4 nitrogen and oxygen atoms in total. The van der Waals surface area contributed by atoms with Gasteiger partial charge in [0.05, 0.1) is 17.5 Å². The van der Waals surface area contributed by atoms with Crippen molar-refractivity contribution in [2.75, 3.05) is 6.54 Å². The first-order chi connectivity index (χ1) is 10.0. The SMILES string of the molecule is Cc1ccc(S(=O)(=O)n2ccc3c2C=C[C+]=C3CN)cc1. The fourth-order valence-corrected chi connectivity index (χ4v) is 3.69. The van der Waals surface area contributed by atoms with E-state index in [2.05, 4.69) is 6.08 Å². The Kier molecular flexibility index (Phi) is 3.26. The average Bonchev–Trinajstić information content (AvgIpc) is 2.92. The summed E-state index contributed by atoms with van der Waals surface area (Å²) in [5.74, 6) is 0. The molecule has 21 heavy (non-hydrogen) atoms. The highest BCUT2D eigenvalue weighted by atomic mass is 32.2. The predicted octanol–water partition coefficient (Wildman–Crippen LogP) is 2.21. The zero-order chi connectivity index (χ0) is 15.0. The first kappa shape index (κ1) is 13.8. The third-order valence-electron chi connectivity index (χ3n) is 3.50. The Bertz CT molecular complexity index is 841. The zero-order valence-corrected chi connectivity index (χ0v) is 12.4. The number of allylic oxidation sites excluding steroid dienone is 2. The fourth-order valence-electron chi connectivity index (χ4n) is 2.35. The third-order valence-corrected chi connectivity index (χ3v) is 5.20. The minimum absolute atomic E-state index is 0.271. The van der Waals surface area contributed by atoms with Gasteiger partial charge in [-0.3, -0.25) is 0 Å². The van der Waals surface area contributed by atoms with Gasteiger partial charge in [0, 0.05) is 18.3 Å². The number of rotatable bonds is 3. The van der Waals surface area contributed by atoms with Gasteiger partial charge in [0.25, 0.3) is 10.0 Å². The molecule has 0 spiro atoms. The topological polar surface area (TPSA) is 65.1 Å². The summed E-state index contributed by atoms with van der Waals surface area (Å²) < 4.78 is 26.8. The minimum Gasteiger partial charge on any atom is -0.324 e. The van der Waals surface area contributed by atoms with Crippen LogP contribution in [0.25, 0.3) is 11.6 Å². The van der Waals surface area contributed by atoms with E-state index in [1.54, 1.807) is 48.7 Å². The van der Waals surface area contributed by atoms with Gasteiger partial charge >= 0.3 is 0 Å². The van der Waals surface area contributed by atoms with Gasteiger partial charge in [0.1, 0.15) is 17.2 Å². The molecule has 1 aliphatic rings. The molecule has 2 N–H and O–H groups in total. The van der Waals surface area contributed by atoms with Crippen molar-refractivity contribution in [2.24, 2.45) is 5.73 Å². The quantitative estimate of drug-likeness (QED) is 0.884. The molecule has 0 amide bonds. The van der Waals surface area contributed by atoms with E-state index in [0.717, 1.165) is 16.7 Å². The van der Waals surface area contributed by atoms with Crippen LogP contribution in [-0.2, 0) is 10.0 Å².